The predicted octanol–water partition coefficient (Wildman–Crippen LogP) is 2.20. The Balaban J connectivity index is 2.34. The molecule has 0 aromatic heterocycles. The average Bonchev–Trinajstić information content (AvgIpc) is 2.71. The lowest BCUT2D eigenvalue weighted by atomic mass is 10.1. The minimum absolute atomic E-state index is 0.0147. The summed E-state index contributed by atoms with van der Waals surface area (Å²) >= 11 is 5.84. The minimum Gasteiger partial charge on any atom is -0.311 e. The van der Waals surface area contributed by atoms with Gasteiger partial charge in [0.1, 0.15) is 6.07 Å². The topological polar surface area (TPSA) is 44.1 Å². The number of carbonyl (C=O) groups is 1. The fraction of sp³-hybridized carbons (Fsp3) is 0.231. The Morgan fingerprint density at radius 1 is 1.53 bits per heavy atom. The molecule has 1 aromatic carbocycles. The molecule has 0 radical (unpaired) electrons. The molecule has 2 rings (SSSR count). The molecule has 1 heterocycles. The molecular formula is C13H9ClN2O. The van der Waals surface area contributed by atoms with Gasteiger partial charge in [-0.2, -0.15) is 5.26 Å². The minimum atomic E-state index is -0.0521. The second kappa shape index (κ2) is 4.49. The van der Waals surface area contributed by atoms with Gasteiger partial charge in [-0.25, -0.2) is 0 Å². The van der Waals surface area contributed by atoms with Crippen LogP contribution in [-0.2, 0) is 4.79 Å². The first-order valence-corrected chi connectivity index (χ1v) is 5.49. The normalized spacial score (nSPS) is 18.9. The highest BCUT2D eigenvalue weighted by atomic mass is 35.5. The first-order chi connectivity index (χ1) is 8.15. The molecule has 4 heteroatoms. The van der Waals surface area contributed by atoms with Crippen LogP contribution in [0.1, 0.15) is 12.0 Å². The van der Waals surface area contributed by atoms with E-state index < -0.39 is 0 Å². The Labute approximate surface area is 105 Å². The molecule has 0 N–H and O–H groups in total. The van der Waals surface area contributed by atoms with Crippen LogP contribution in [0.3, 0.4) is 0 Å². The number of terminal acetylenes is 1. The molecule has 0 saturated carbocycles. The fourth-order valence-electron chi connectivity index (χ4n) is 1.84. The van der Waals surface area contributed by atoms with Crippen LogP contribution in [-0.4, -0.2) is 12.5 Å². The van der Waals surface area contributed by atoms with E-state index in [0.717, 1.165) is 0 Å². The van der Waals surface area contributed by atoms with Crippen LogP contribution >= 0.6 is 11.6 Å². The molecule has 1 saturated heterocycles. The van der Waals surface area contributed by atoms with Crippen molar-refractivity contribution in [2.45, 2.75) is 6.42 Å². The molecule has 84 valence electrons. The number of amides is 1. The number of nitrogens with zero attached hydrogens (tertiary/aromatic N) is 2. The van der Waals surface area contributed by atoms with E-state index in [0.29, 0.717) is 29.2 Å². The quantitative estimate of drug-likeness (QED) is 0.711. The highest BCUT2D eigenvalue weighted by Crippen LogP contribution is 2.27. The lowest BCUT2D eigenvalue weighted by Crippen LogP contribution is -2.24. The Bertz CT molecular complexity index is 554. The van der Waals surface area contributed by atoms with E-state index in [1.54, 1.807) is 23.1 Å². The zero-order chi connectivity index (χ0) is 12.4. The molecule has 1 atom stereocenters. The zero-order valence-corrected chi connectivity index (χ0v) is 9.74. The van der Waals surface area contributed by atoms with E-state index in [2.05, 4.69) is 5.92 Å². The number of hydrogen-bond acceptors (Lipinski definition) is 2. The third-order valence-corrected chi connectivity index (χ3v) is 3.07. The van der Waals surface area contributed by atoms with Crippen LogP contribution in [0.5, 0.6) is 0 Å². The first-order valence-electron chi connectivity index (χ1n) is 5.12. The van der Waals surface area contributed by atoms with Crippen LogP contribution in [0, 0.1) is 29.6 Å². The van der Waals surface area contributed by atoms with Gasteiger partial charge in [0.15, 0.2) is 0 Å². The molecule has 1 aliphatic heterocycles. The zero-order valence-electron chi connectivity index (χ0n) is 8.98. The standard InChI is InChI=1S/C13H9ClN2O/c1-2-9-5-13(17)16(8-9)11-3-4-12(14)10(6-11)7-15/h1,3-4,6,9H,5,8H2. The third kappa shape index (κ3) is 2.11. The van der Waals surface area contributed by atoms with Crippen molar-refractivity contribution in [3.05, 3.63) is 28.8 Å². The molecule has 1 unspecified atom stereocenters. The van der Waals surface area contributed by atoms with Crippen molar-refractivity contribution in [2.24, 2.45) is 5.92 Å². The van der Waals surface area contributed by atoms with Gasteiger partial charge in [-0.15, -0.1) is 12.3 Å². The summed E-state index contributed by atoms with van der Waals surface area (Å²) in [7, 11) is 0. The van der Waals surface area contributed by atoms with Gasteiger partial charge in [-0.1, -0.05) is 11.6 Å². The summed E-state index contributed by atoms with van der Waals surface area (Å²) < 4.78 is 0. The van der Waals surface area contributed by atoms with Crippen molar-refractivity contribution in [1.29, 1.82) is 5.26 Å². The molecule has 3 nitrogen and oxygen atoms in total. The van der Waals surface area contributed by atoms with Crippen molar-refractivity contribution in [2.75, 3.05) is 11.4 Å². The second-order valence-electron chi connectivity index (χ2n) is 3.85. The number of benzene rings is 1. The molecule has 0 bridgehead atoms. The molecule has 1 aromatic rings. The highest BCUT2D eigenvalue weighted by molar-refractivity contribution is 6.31. The van der Waals surface area contributed by atoms with E-state index in [9.17, 15) is 4.79 Å². The third-order valence-electron chi connectivity index (χ3n) is 2.74. The van der Waals surface area contributed by atoms with Crippen LogP contribution in [0.25, 0.3) is 0 Å². The summed E-state index contributed by atoms with van der Waals surface area (Å²) in [5.74, 6) is 2.51. The average molecular weight is 245 g/mol. The molecule has 0 aliphatic carbocycles. The maximum absolute atomic E-state index is 11.7. The van der Waals surface area contributed by atoms with Gasteiger partial charge >= 0.3 is 0 Å². The number of anilines is 1. The Morgan fingerprint density at radius 3 is 2.88 bits per heavy atom. The SMILES string of the molecule is C#CC1CC(=O)N(c2ccc(Cl)c(C#N)c2)C1. The van der Waals surface area contributed by atoms with Gasteiger partial charge in [0, 0.05) is 24.6 Å². The van der Waals surface area contributed by atoms with Gasteiger partial charge in [0.05, 0.1) is 10.6 Å². The van der Waals surface area contributed by atoms with E-state index in [1.807, 2.05) is 6.07 Å². The first kappa shape index (κ1) is 11.5. The van der Waals surface area contributed by atoms with Crippen molar-refractivity contribution in [3.8, 4) is 18.4 Å². The molecular weight excluding hydrogens is 236 g/mol. The number of rotatable bonds is 1. The van der Waals surface area contributed by atoms with Crippen LogP contribution in [0.2, 0.25) is 5.02 Å². The van der Waals surface area contributed by atoms with E-state index in [-0.39, 0.29) is 11.8 Å². The van der Waals surface area contributed by atoms with E-state index >= 15 is 0 Å². The summed E-state index contributed by atoms with van der Waals surface area (Å²) in [6, 6.07) is 6.94. The lowest BCUT2D eigenvalue weighted by molar-refractivity contribution is -0.117. The molecule has 1 fully saturated rings. The predicted molar refractivity (Wildman–Crippen MR) is 65.5 cm³/mol. The number of halogens is 1. The molecule has 1 aliphatic rings. The van der Waals surface area contributed by atoms with E-state index in [1.165, 1.54) is 0 Å². The number of hydrogen-bond donors (Lipinski definition) is 0. The van der Waals surface area contributed by atoms with Gasteiger partial charge in [0.25, 0.3) is 0 Å². The highest BCUT2D eigenvalue weighted by Gasteiger charge is 2.29. The van der Waals surface area contributed by atoms with E-state index in [4.69, 9.17) is 23.3 Å². The fourth-order valence-corrected chi connectivity index (χ4v) is 2.00. The van der Waals surface area contributed by atoms with Crippen LogP contribution in [0.15, 0.2) is 18.2 Å². The van der Waals surface area contributed by atoms with Gasteiger partial charge in [-0.3, -0.25) is 4.79 Å². The van der Waals surface area contributed by atoms with Gasteiger partial charge < -0.3 is 4.90 Å². The summed E-state index contributed by atoms with van der Waals surface area (Å²) in [4.78, 5) is 13.3. The molecule has 1 amide bonds. The number of carbonyl (C=O) groups excluding carboxylic acids is 1. The lowest BCUT2D eigenvalue weighted by Gasteiger charge is -2.16. The Morgan fingerprint density at radius 2 is 2.29 bits per heavy atom. The maximum atomic E-state index is 11.7. The number of nitriles is 1. The van der Waals surface area contributed by atoms with Crippen molar-refractivity contribution in [3.63, 3.8) is 0 Å². The smallest absolute Gasteiger partial charge is 0.228 e. The van der Waals surface area contributed by atoms with Crippen LogP contribution < -0.4 is 4.90 Å². The maximum Gasteiger partial charge on any atom is 0.228 e. The van der Waals surface area contributed by atoms with Gasteiger partial charge in [0.2, 0.25) is 5.91 Å². The summed E-state index contributed by atoms with van der Waals surface area (Å²) in [5.41, 5.74) is 1.04. The Hall–Kier alpha value is -1.97. The molecule has 17 heavy (non-hydrogen) atoms. The largest absolute Gasteiger partial charge is 0.311 e. The Kier molecular flexibility index (Phi) is 3.04. The summed E-state index contributed by atoms with van der Waals surface area (Å²) in [6.07, 6.45) is 5.68. The van der Waals surface area contributed by atoms with Crippen LogP contribution in [0.4, 0.5) is 5.69 Å². The van der Waals surface area contributed by atoms with Gasteiger partial charge in [-0.05, 0) is 18.2 Å². The monoisotopic (exact) mass is 244 g/mol. The van der Waals surface area contributed by atoms with Crippen molar-refractivity contribution < 1.29 is 4.79 Å². The van der Waals surface area contributed by atoms with Crippen molar-refractivity contribution in [1.82, 2.24) is 0 Å². The second-order valence-corrected chi connectivity index (χ2v) is 4.26. The molecule has 0 spiro atoms. The summed E-state index contributed by atoms with van der Waals surface area (Å²) in [5, 5.41) is 9.27. The summed E-state index contributed by atoms with van der Waals surface area (Å²) in [6.45, 7) is 0.502. The van der Waals surface area contributed by atoms with Crippen molar-refractivity contribution >= 4 is 23.2 Å².